The van der Waals surface area contributed by atoms with Gasteiger partial charge in [-0.3, -0.25) is 0 Å². The van der Waals surface area contributed by atoms with Gasteiger partial charge < -0.3 is 0 Å². The van der Waals surface area contributed by atoms with Gasteiger partial charge in [0.2, 0.25) is 0 Å². The molecule has 1 aromatic carbocycles. The Hall–Kier alpha value is -1.67. The van der Waals surface area contributed by atoms with Crippen LogP contribution in [0.25, 0.3) is 21.3 Å². The molecule has 0 saturated heterocycles. The highest BCUT2D eigenvalue weighted by molar-refractivity contribution is 7.16. The average molecular weight is 239 g/mol. The van der Waals surface area contributed by atoms with E-state index in [1.165, 1.54) is 22.1 Å². The maximum Gasteiger partial charge on any atom is 0.124 e. The third kappa shape index (κ3) is 1.85. The second-order valence-electron chi connectivity index (χ2n) is 4.32. The van der Waals surface area contributed by atoms with E-state index in [0.717, 1.165) is 10.5 Å². The first kappa shape index (κ1) is 10.5. The number of pyridine rings is 1. The first-order chi connectivity index (χ1) is 8.24. The lowest BCUT2D eigenvalue weighted by molar-refractivity contribution is 1.27. The zero-order valence-electron chi connectivity index (χ0n) is 9.90. The van der Waals surface area contributed by atoms with Gasteiger partial charge in [-0.05, 0) is 42.5 Å². The molecule has 0 amide bonds. The van der Waals surface area contributed by atoms with Gasteiger partial charge in [-0.25, -0.2) is 4.98 Å². The van der Waals surface area contributed by atoms with Crippen LogP contribution in [-0.2, 0) is 0 Å². The highest BCUT2D eigenvalue weighted by Gasteiger charge is 2.06. The van der Waals surface area contributed by atoms with Gasteiger partial charge in [0.1, 0.15) is 4.83 Å². The Morgan fingerprint density at radius 1 is 1.00 bits per heavy atom. The quantitative estimate of drug-likeness (QED) is 0.605. The maximum atomic E-state index is 4.56. The lowest BCUT2D eigenvalue weighted by Crippen LogP contribution is -1.85. The number of aryl methyl sites for hydroxylation is 2. The molecule has 0 atom stereocenters. The van der Waals surface area contributed by atoms with Crippen LogP contribution in [0.4, 0.5) is 0 Å². The van der Waals surface area contributed by atoms with Crippen LogP contribution in [0.3, 0.4) is 0 Å². The summed E-state index contributed by atoms with van der Waals surface area (Å²) in [5.74, 6) is 0. The van der Waals surface area contributed by atoms with E-state index < -0.39 is 0 Å². The second kappa shape index (κ2) is 3.97. The van der Waals surface area contributed by atoms with E-state index in [-0.39, 0.29) is 0 Å². The summed E-state index contributed by atoms with van der Waals surface area (Å²) in [4.78, 5) is 5.68. The van der Waals surface area contributed by atoms with E-state index in [1.54, 1.807) is 11.3 Å². The Bertz CT molecular complexity index is 665. The van der Waals surface area contributed by atoms with Crippen LogP contribution < -0.4 is 0 Å². The summed E-state index contributed by atoms with van der Waals surface area (Å²) >= 11 is 1.70. The zero-order chi connectivity index (χ0) is 11.8. The predicted octanol–water partition coefficient (Wildman–Crippen LogP) is 4.58. The monoisotopic (exact) mass is 239 g/mol. The first-order valence-corrected chi connectivity index (χ1v) is 6.54. The van der Waals surface area contributed by atoms with Crippen molar-refractivity contribution in [2.24, 2.45) is 0 Å². The van der Waals surface area contributed by atoms with Crippen LogP contribution in [0.1, 0.15) is 11.3 Å². The first-order valence-electron chi connectivity index (χ1n) is 5.66. The summed E-state index contributed by atoms with van der Waals surface area (Å²) in [6.07, 6.45) is 0. The van der Waals surface area contributed by atoms with Crippen molar-refractivity contribution in [3.8, 4) is 11.1 Å². The van der Waals surface area contributed by atoms with E-state index >= 15 is 0 Å². The van der Waals surface area contributed by atoms with E-state index in [2.05, 4.69) is 60.6 Å². The highest BCUT2D eigenvalue weighted by Crippen LogP contribution is 2.31. The summed E-state index contributed by atoms with van der Waals surface area (Å²) in [6, 6.07) is 13.0. The summed E-state index contributed by atoms with van der Waals surface area (Å²) in [7, 11) is 0. The number of hydrogen-bond acceptors (Lipinski definition) is 2. The van der Waals surface area contributed by atoms with E-state index in [1.807, 2.05) is 0 Å². The fraction of sp³-hybridized carbons (Fsp3) is 0.133. The minimum atomic E-state index is 1.08. The Kier molecular flexibility index (Phi) is 2.45. The zero-order valence-corrected chi connectivity index (χ0v) is 10.7. The minimum Gasteiger partial charge on any atom is -0.242 e. The number of benzene rings is 1. The maximum absolute atomic E-state index is 4.56. The second-order valence-corrected chi connectivity index (χ2v) is 5.21. The molecule has 84 valence electrons. The Balaban J connectivity index is 2.28. The van der Waals surface area contributed by atoms with Crippen LogP contribution in [0.15, 0.2) is 41.8 Å². The van der Waals surface area contributed by atoms with Gasteiger partial charge in [0, 0.05) is 11.1 Å². The topological polar surface area (TPSA) is 12.9 Å². The molecule has 0 saturated carbocycles. The summed E-state index contributed by atoms with van der Waals surface area (Å²) < 4.78 is 0. The van der Waals surface area contributed by atoms with E-state index in [4.69, 9.17) is 0 Å². The molecule has 2 heterocycles. The molecule has 0 aliphatic rings. The lowest BCUT2D eigenvalue weighted by Gasteiger charge is -2.05. The molecule has 0 N–H and O–H groups in total. The fourth-order valence-corrected chi connectivity index (χ4v) is 2.88. The van der Waals surface area contributed by atoms with Crippen molar-refractivity contribution < 1.29 is 0 Å². The molecule has 0 aliphatic heterocycles. The van der Waals surface area contributed by atoms with Crippen molar-refractivity contribution in [2.75, 3.05) is 0 Å². The lowest BCUT2D eigenvalue weighted by atomic mass is 10.0. The van der Waals surface area contributed by atoms with Crippen molar-refractivity contribution in [1.29, 1.82) is 0 Å². The van der Waals surface area contributed by atoms with Crippen LogP contribution >= 0.6 is 11.3 Å². The van der Waals surface area contributed by atoms with Crippen molar-refractivity contribution in [3.05, 3.63) is 53.0 Å². The number of nitrogens with zero attached hydrogens (tertiary/aromatic N) is 1. The van der Waals surface area contributed by atoms with Gasteiger partial charge in [-0.2, -0.15) is 0 Å². The SMILES string of the molecule is Cc1ccc(-c2cc(C)nc3sccc23)cc1. The fourth-order valence-electron chi connectivity index (χ4n) is 2.04. The molecule has 0 spiro atoms. The van der Waals surface area contributed by atoms with Gasteiger partial charge in [0.25, 0.3) is 0 Å². The largest absolute Gasteiger partial charge is 0.242 e. The summed E-state index contributed by atoms with van der Waals surface area (Å²) in [5, 5.41) is 3.36. The predicted molar refractivity (Wildman–Crippen MR) is 74.5 cm³/mol. The van der Waals surface area contributed by atoms with Crippen LogP contribution in [0, 0.1) is 13.8 Å². The summed E-state index contributed by atoms with van der Waals surface area (Å²) in [5.41, 5.74) is 4.93. The van der Waals surface area contributed by atoms with Crippen molar-refractivity contribution >= 4 is 21.6 Å². The highest BCUT2D eigenvalue weighted by atomic mass is 32.1. The Morgan fingerprint density at radius 3 is 2.53 bits per heavy atom. The van der Waals surface area contributed by atoms with E-state index in [0.29, 0.717) is 0 Å². The van der Waals surface area contributed by atoms with Crippen LogP contribution in [0.2, 0.25) is 0 Å². The molecule has 0 fully saturated rings. The number of rotatable bonds is 1. The van der Waals surface area contributed by atoms with Gasteiger partial charge in [0.15, 0.2) is 0 Å². The average Bonchev–Trinajstić information content (AvgIpc) is 2.77. The van der Waals surface area contributed by atoms with Crippen LogP contribution in [0.5, 0.6) is 0 Å². The Labute approximate surface area is 105 Å². The molecule has 2 heteroatoms. The smallest absolute Gasteiger partial charge is 0.124 e. The number of thiophene rings is 1. The molecule has 17 heavy (non-hydrogen) atoms. The summed E-state index contributed by atoms with van der Waals surface area (Å²) in [6.45, 7) is 4.17. The van der Waals surface area contributed by atoms with E-state index in [9.17, 15) is 0 Å². The molecule has 0 bridgehead atoms. The molecule has 3 rings (SSSR count). The van der Waals surface area contributed by atoms with Gasteiger partial charge in [0.05, 0.1) is 0 Å². The number of aromatic nitrogens is 1. The Morgan fingerprint density at radius 2 is 1.76 bits per heavy atom. The minimum absolute atomic E-state index is 1.08. The van der Waals surface area contributed by atoms with Gasteiger partial charge in [-0.15, -0.1) is 11.3 Å². The van der Waals surface area contributed by atoms with Crippen molar-refractivity contribution in [2.45, 2.75) is 13.8 Å². The molecule has 2 aromatic heterocycles. The van der Waals surface area contributed by atoms with Crippen molar-refractivity contribution in [1.82, 2.24) is 4.98 Å². The third-order valence-electron chi connectivity index (χ3n) is 2.93. The molecule has 3 aromatic rings. The van der Waals surface area contributed by atoms with Gasteiger partial charge >= 0.3 is 0 Å². The standard InChI is InChI=1S/C15H13NS/c1-10-3-5-12(6-4-10)14-9-11(2)16-15-13(14)7-8-17-15/h3-9H,1-2H3. The molecule has 0 aliphatic carbocycles. The number of hydrogen-bond donors (Lipinski definition) is 0. The third-order valence-corrected chi connectivity index (χ3v) is 3.74. The normalized spacial score (nSPS) is 10.9. The van der Waals surface area contributed by atoms with Crippen molar-refractivity contribution in [3.63, 3.8) is 0 Å². The molecular formula is C15H13NS. The van der Waals surface area contributed by atoms with Crippen LogP contribution in [-0.4, -0.2) is 4.98 Å². The van der Waals surface area contributed by atoms with Gasteiger partial charge in [-0.1, -0.05) is 29.8 Å². The molecule has 1 nitrogen and oxygen atoms in total. The molecule has 0 unspecified atom stereocenters. The number of fused-ring (bicyclic) bond motifs is 1. The molecule has 0 radical (unpaired) electrons. The molecular weight excluding hydrogens is 226 g/mol.